The average molecular weight is 386 g/mol. The van der Waals surface area contributed by atoms with Crippen molar-refractivity contribution in [2.24, 2.45) is 11.8 Å². The molecule has 2 saturated heterocycles. The zero-order valence-corrected chi connectivity index (χ0v) is 16.4. The predicted molar refractivity (Wildman–Crippen MR) is 108 cm³/mol. The van der Waals surface area contributed by atoms with Gasteiger partial charge in [-0.3, -0.25) is 9.59 Å². The minimum Gasteiger partial charge on any atom is -0.481 e. The number of carboxylic acid groups (broad SMARTS) is 1. The fourth-order valence-corrected chi connectivity index (χ4v) is 4.44. The Kier molecular flexibility index (Phi) is 7.66. The van der Waals surface area contributed by atoms with Crippen LogP contribution in [-0.2, 0) is 20.7 Å². The third-order valence-electron chi connectivity index (χ3n) is 5.95. The van der Waals surface area contributed by atoms with Crippen LogP contribution in [-0.4, -0.2) is 35.7 Å². The van der Waals surface area contributed by atoms with Crippen molar-refractivity contribution in [2.45, 2.75) is 63.6 Å². The van der Waals surface area contributed by atoms with Crippen LogP contribution in [0.4, 0.5) is 0 Å². The van der Waals surface area contributed by atoms with E-state index >= 15 is 0 Å². The number of ether oxygens (including phenoxy) is 1. The lowest BCUT2D eigenvalue weighted by Gasteiger charge is -2.27. The van der Waals surface area contributed by atoms with Crippen LogP contribution in [0.15, 0.2) is 42.5 Å². The number of aryl methyl sites for hydroxylation is 1. The molecule has 2 N–H and O–H groups in total. The summed E-state index contributed by atoms with van der Waals surface area (Å²) in [5.41, 5.74) is 1.19. The molecule has 0 unspecified atom stereocenters. The number of carboxylic acids is 1. The topological polar surface area (TPSA) is 75.6 Å². The van der Waals surface area contributed by atoms with E-state index in [2.05, 4.69) is 29.6 Å². The van der Waals surface area contributed by atoms with E-state index in [1.54, 1.807) is 0 Å². The number of fused-ring (bicyclic) bond motifs is 2. The Balaban J connectivity index is 1.40. The normalized spacial score (nSPS) is 26.0. The maximum Gasteiger partial charge on any atom is 0.303 e. The Morgan fingerprint density at radius 2 is 1.82 bits per heavy atom. The molecule has 2 bridgehead atoms. The van der Waals surface area contributed by atoms with Crippen molar-refractivity contribution >= 4 is 11.9 Å². The maximum absolute atomic E-state index is 12.3. The molecule has 28 heavy (non-hydrogen) atoms. The van der Waals surface area contributed by atoms with Crippen molar-refractivity contribution in [3.05, 3.63) is 48.0 Å². The number of benzene rings is 1. The molecule has 0 aromatic heterocycles. The summed E-state index contributed by atoms with van der Waals surface area (Å²) in [4.78, 5) is 22.8. The monoisotopic (exact) mass is 385 g/mol. The van der Waals surface area contributed by atoms with E-state index < -0.39 is 5.97 Å². The molecule has 152 valence electrons. The zero-order chi connectivity index (χ0) is 19.8. The molecule has 1 aromatic rings. The molecule has 2 aliphatic heterocycles. The first kappa shape index (κ1) is 20.6. The maximum atomic E-state index is 12.3. The molecule has 4 atom stereocenters. The van der Waals surface area contributed by atoms with Crippen LogP contribution >= 0.6 is 0 Å². The molecule has 2 heterocycles. The van der Waals surface area contributed by atoms with Gasteiger partial charge in [-0.15, -0.1) is 0 Å². The number of unbranched alkanes of at least 4 members (excludes halogenated alkanes) is 1. The lowest BCUT2D eigenvalue weighted by Crippen LogP contribution is -2.38. The van der Waals surface area contributed by atoms with Gasteiger partial charge in [0.25, 0.3) is 0 Å². The van der Waals surface area contributed by atoms with Crippen molar-refractivity contribution in [1.29, 1.82) is 0 Å². The van der Waals surface area contributed by atoms with Gasteiger partial charge in [0.2, 0.25) is 5.91 Å². The summed E-state index contributed by atoms with van der Waals surface area (Å²) < 4.78 is 6.11. The Labute approximate surface area is 167 Å². The number of hydrogen-bond acceptors (Lipinski definition) is 3. The Bertz CT molecular complexity index is 672. The van der Waals surface area contributed by atoms with Gasteiger partial charge in [0.05, 0.1) is 12.2 Å². The molecule has 1 amide bonds. The van der Waals surface area contributed by atoms with Crippen LogP contribution in [0.25, 0.3) is 0 Å². The quantitative estimate of drug-likeness (QED) is 0.450. The fraction of sp³-hybridized carbons (Fsp3) is 0.565. The molecule has 5 nitrogen and oxygen atoms in total. The van der Waals surface area contributed by atoms with Gasteiger partial charge in [0, 0.05) is 25.3 Å². The number of hydrogen-bond donors (Lipinski definition) is 2. The summed E-state index contributed by atoms with van der Waals surface area (Å²) in [5, 5.41) is 11.8. The lowest BCUT2D eigenvalue weighted by atomic mass is 9.77. The van der Waals surface area contributed by atoms with Gasteiger partial charge in [-0.2, -0.15) is 0 Å². The first-order valence-corrected chi connectivity index (χ1v) is 10.5. The molecule has 2 fully saturated rings. The fourth-order valence-electron chi connectivity index (χ4n) is 4.44. The van der Waals surface area contributed by atoms with Crippen LogP contribution < -0.4 is 5.32 Å². The van der Waals surface area contributed by atoms with E-state index in [1.807, 2.05) is 18.2 Å². The van der Waals surface area contributed by atoms with Crippen LogP contribution in [0.5, 0.6) is 0 Å². The second-order valence-electron chi connectivity index (χ2n) is 7.90. The Morgan fingerprint density at radius 1 is 1.07 bits per heavy atom. The van der Waals surface area contributed by atoms with Crippen LogP contribution in [0.1, 0.15) is 50.5 Å². The van der Waals surface area contributed by atoms with Crippen molar-refractivity contribution in [3.8, 4) is 0 Å². The van der Waals surface area contributed by atoms with Gasteiger partial charge in [-0.1, -0.05) is 42.5 Å². The molecule has 3 rings (SSSR count). The highest BCUT2D eigenvalue weighted by molar-refractivity contribution is 5.76. The SMILES string of the molecule is O=C(O)CCC/C=C\C[C@H]1[C@@H](CNC(=O)CCc2ccccc2)[C@H]2CC[C@@H]1O2. The highest BCUT2D eigenvalue weighted by Gasteiger charge is 2.47. The Morgan fingerprint density at radius 3 is 2.57 bits per heavy atom. The van der Waals surface area contributed by atoms with Crippen LogP contribution in [0.3, 0.4) is 0 Å². The number of carbonyl (C=O) groups excluding carboxylic acids is 1. The Hall–Kier alpha value is -2.14. The van der Waals surface area contributed by atoms with E-state index in [4.69, 9.17) is 9.84 Å². The van der Waals surface area contributed by atoms with Gasteiger partial charge >= 0.3 is 5.97 Å². The molecular formula is C23H31NO4. The van der Waals surface area contributed by atoms with Gasteiger partial charge in [0.1, 0.15) is 0 Å². The van der Waals surface area contributed by atoms with Crippen molar-refractivity contribution < 1.29 is 19.4 Å². The third-order valence-corrected chi connectivity index (χ3v) is 5.95. The van der Waals surface area contributed by atoms with Crippen LogP contribution in [0, 0.1) is 11.8 Å². The molecule has 2 aliphatic rings. The highest BCUT2D eigenvalue weighted by Crippen LogP contribution is 2.44. The number of nitrogens with one attached hydrogen (secondary N) is 1. The summed E-state index contributed by atoms with van der Waals surface area (Å²) in [5.74, 6) is 0.194. The molecule has 0 spiro atoms. The minimum atomic E-state index is -0.738. The molecule has 0 aliphatic carbocycles. The predicted octanol–water partition coefficient (Wildman–Crippen LogP) is 3.73. The summed E-state index contributed by atoms with van der Waals surface area (Å²) >= 11 is 0. The average Bonchev–Trinajstić information content (AvgIpc) is 3.30. The number of allylic oxidation sites excluding steroid dienone is 2. The van der Waals surface area contributed by atoms with Crippen molar-refractivity contribution in [1.82, 2.24) is 5.32 Å². The number of aliphatic carboxylic acids is 1. The summed E-state index contributed by atoms with van der Waals surface area (Å²) in [6.45, 7) is 0.687. The largest absolute Gasteiger partial charge is 0.481 e. The van der Waals surface area contributed by atoms with Gasteiger partial charge in [-0.05, 0) is 50.0 Å². The van der Waals surface area contributed by atoms with Gasteiger partial charge in [-0.25, -0.2) is 0 Å². The molecule has 0 radical (unpaired) electrons. The smallest absolute Gasteiger partial charge is 0.303 e. The summed E-state index contributed by atoms with van der Waals surface area (Å²) in [7, 11) is 0. The molecule has 0 saturated carbocycles. The third kappa shape index (κ3) is 5.93. The number of carbonyl (C=O) groups is 2. The first-order valence-electron chi connectivity index (χ1n) is 10.5. The highest BCUT2D eigenvalue weighted by atomic mass is 16.5. The number of amides is 1. The van der Waals surface area contributed by atoms with Crippen molar-refractivity contribution in [2.75, 3.05) is 6.54 Å². The first-order chi connectivity index (χ1) is 13.6. The molecule has 1 aromatic carbocycles. The summed E-state index contributed by atoms with van der Waals surface area (Å²) in [6, 6.07) is 10.1. The second-order valence-corrected chi connectivity index (χ2v) is 7.90. The van der Waals surface area contributed by atoms with E-state index in [0.717, 1.165) is 32.1 Å². The van der Waals surface area contributed by atoms with Crippen molar-refractivity contribution in [3.63, 3.8) is 0 Å². The molecule has 5 heteroatoms. The lowest BCUT2D eigenvalue weighted by molar-refractivity contribution is -0.137. The van der Waals surface area contributed by atoms with Crippen LogP contribution in [0.2, 0.25) is 0 Å². The second kappa shape index (κ2) is 10.4. The summed E-state index contributed by atoms with van der Waals surface area (Å²) in [6.07, 6.45) is 11.0. The number of rotatable bonds is 11. The minimum absolute atomic E-state index is 0.106. The van der Waals surface area contributed by atoms with E-state index in [1.165, 1.54) is 5.56 Å². The van der Waals surface area contributed by atoms with E-state index in [0.29, 0.717) is 37.3 Å². The van der Waals surface area contributed by atoms with E-state index in [-0.39, 0.29) is 18.4 Å². The van der Waals surface area contributed by atoms with E-state index in [9.17, 15) is 9.59 Å². The van der Waals surface area contributed by atoms with Gasteiger partial charge in [0.15, 0.2) is 0 Å². The van der Waals surface area contributed by atoms with Gasteiger partial charge < -0.3 is 15.2 Å². The standard InChI is InChI=1S/C23H31NO4/c25-22(15-12-17-8-4-3-5-9-17)24-16-19-18(20-13-14-21(19)28-20)10-6-1-2-7-11-23(26)27/h1,3-6,8-9,18-21H,2,7,10-16H2,(H,24,25)(H,26,27)/b6-1-/t18-,19+,20-,21+/m0/s1. The zero-order valence-electron chi connectivity index (χ0n) is 16.4. The molecular weight excluding hydrogens is 354 g/mol.